The molecule has 1 atom stereocenters. The van der Waals surface area contributed by atoms with Gasteiger partial charge in [0.15, 0.2) is 0 Å². The highest BCUT2D eigenvalue weighted by Gasteiger charge is 2.24. The maximum atomic E-state index is 11.4. The third kappa shape index (κ3) is 3.57. The van der Waals surface area contributed by atoms with Crippen molar-refractivity contribution in [2.75, 3.05) is 13.1 Å². The number of nitrogens with zero attached hydrogens (tertiary/aromatic N) is 1. The van der Waals surface area contributed by atoms with Crippen LogP contribution in [-0.2, 0) is 11.2 Å². The van der Waals surface area contributed by atoms with Gasteiger partial charge in [-0.15, -0.1) is 0 Å². The van der Waals surface area contributed by atoms with Crippen molar-refractivity contribution in [3.8, 4) is 0 Å². The predicted octanol–water partition coefficient (Wildman–Crippen LogP) is 2.64. The molecule has 0 spiro atoms. The summed E-state index contributed by atoms with van der Waals surface area (Å²) < 4.78 is 0. The molecule has 0 radical (unpaired) electrons. The number of carboxylic acid groups (broad SMARTS) is 1. The molecule has 0 aliphatic rings. The zero-order valence-electron chi connectivity index (χ0n) is 11.7. The second-order valence-corrected chi connectivity index (χ2v) is 4.71. The molecule has 0 fully saturated rings. The van der Waals surface area contributed by atoms with Crippen LogP contribution in [0.2, 0.25) is 0 Å². The van der Waals surface area contributed by atoms with E-state index in [-0.39, 0.29) is 0 Å². The van der Waals surface area contributed by atoms with Gasteiger partial charge in [-0.05, 0) is 44.5 Å². The zero-order valence-corrected chi connectivity index (χ0v) is 11.7. The van der Waals surface area contributed by atoms with Gasteiger partial charge >= 0.3 is 5.97 Å². The van der Waals surface area contributed by atoms with E-state index >= 15 is 0 Å². The third-order valence-corrected chi connectivity index (χ3v) is 3.45. The van der Waals surface area contributed by atoms with Crippen LogP contribution in [0.4, 0.5) is 0 Å². The number of carboxylic acids is 1. The lowest BCUT2D eigenvalue weighted by Crippen LogP contribution is -2.42. The molecule has 0 heterocycles. The van der Waals surface area contributed by atoms with Crippen molar-refractivity contribution in [2.45, 2.75) is 40.2 Å². The minimum Gasteiger partial charge on any atom is -0.480 e. The van der Waals surface area contributed by atoms with Gasteiger partial charge in [0.1, 0.15) is 6.04 Å². The lowest BCUT2D eigenvalue weighted by molar-refractivity contribution is -0.143. The fourth-order valence-corrected chi connectivity index (χ4v) is 2.32. The van der Waals surface area contributed by atoms with Crippen LogP contribution in [0.15, 0.2) is 18.2 Å². The Morgan fingerprint density at radius 1 is 1.28 bits per heavy atom. The lowest BCUT2D eigenvalue weighted by Gasteiger charge is -2.26. The molecule has 1 aromatic rings. The van der Waals surface area contributed by atoms with Crippen molar-refractivity contribution in [3.63, 3.8) is 0 Å². The number of aryl methyl sites for hydroxylation is 2. The Kier molecular flexibility index (Phi) is 5.35. The molecule has 0 saturated heterocycles. The molecule has 1 aromatic carbocycles. The van der Waals surface area contributed by atoms with Crippen LogP contribution in [0.5, 0.6) is 0 Å². The Morgan fingerprint density at radius 3 is 2.33 bits per heavy atom. The van der Waals surface area contributed by atoms with Crippen molar-refractivity contribution in [3.05, 3.63) is 34.9 Å². The molecule has 0 unspecified atom stereocenters. The molecule has 0 bridgehead atoms. The fourth-order valence-electron chi connectivity index (χ4n) is 2.32. The highest BCUT2D eigenvalue weighted by Crippen LogP contribution is 2.15. The molecule has 0 saturated carbocycles. The van der Waals surface area contributed by atoms with E-state index in [2.05, 4.69) is 13.0 Å². The molecule has 3 heteroatoms. The Balaban J connectivity index is 2.93. The summed E-state index contributed by atoms with van der Waals surface area (Å²) in [4.78, 5) is 13.4. The summed E-state index contributed by atoms with van der Waals surface area (Å²) in [5.74, 6) is -0.737. The summed E-state index contributed by atoms with van der Waals surface area (Å²) in [7, 11) is 0. The first-order valence-corrected chi connectivity index (χ1v) is 6.52. The Morgan fingerprint density at radius 2 is 1.89 bits per heavy atom. The lowest BCUT2D eigenvalue weighted by atomic mass is 9.98. The number of hydrogen-bond donors (Lipinski definition) is 1. The standard InChI is InChI=1S/C15H23NO2/c1-5-16(6-2)14(15(17)18)10-13-8-7-11(3)9-12(13)4/h7-9,14H,5-6,10H2,1-4H3,(H,17,18)/t14-/m0/s1. The van der Waals surface area contributed by atoms with Crippen LogP contribution in [-0.4, -0.2) is 35.1 Å². The second kappa shape index (κ2) is 6.55. The van der Waals surface area contributed by atoms with E-state index in [1.807, 2.05) is 37.8 Å². The molecule has 0 amide bonds. The van der Waals surface area contributed by atoms with E-state index in [0.717, 1.165) is 18.7 Å². The Labute approximate surface area is 109 Å². The summed E-state index contributed by atoms with van der Waals surface area (Å²) in [6.45, 7) is 9.62. The normalized spacial score (nSPS) is 12.7. The van der Waals surface area contributed by atoms with Crippen LogP contribution < -0.4 is 0 Å². The monoisotopic (exact) mass is 249 g/mol. The average Bonchev–Trinajstić information content (AvgIpc) is 2.31. The zero-order chi connectivity index (χ0) is 13.7. The summed E-state index contributed by atoms with van der Waals surface area (Å²) >= 11 is 0. The molecule has 1 rings (SSSR count). The second-order valence-electron chi connectivity index (χ2n) is 4.71. The number of rotatable bonds is 6. The molecular formula is C15H23NO2. The quantitative estimate of drug-likeness (QED) is 0.842. The summed E-state index contributed by atoms with van der Waals surface area (Å²) in [5, 5.41) is 9.37. The van der Waals surface area contributed by atoms with Crippen molar-refractivity contribution in [2.24, 2.45) is 0 Å². The van der Waals surface area contributed by atoms with E-state index < -0.39 is 12.0 Å². The highest BCUT2D eigenvalue weighted by atomic mass is 16.4. The van der Waals surface area contributed by atoms with Gasteiger partial charge in [0, 0.05) is 0 Å². The Hall–Kier alpha value is -1.35. The summed E-state index contributed by atoms with van der Waals surface area (Å²) in [5.41, 5.74) is 3.51. The smallest absolute Gasteiger partial charge is 0.321 e. The van der Waals surface area contributed by atoms with Crippen molar-refractivity contribution in [1.29, 1.82) is 0 Å². The largest absolute Gasteiger partial charge is 0.480 e. The van der Waals surface area contributed by atoms with E-state index in [1.54, 1.807) is 0 Å². The van der Waals surface area contributed by atoms with Crippen molar-refractivity contribution in [1.82, 2.24) is 4.90 Å². The van der Waals surface area contributed by atoms with Gasteiger partial charge < -0.3 is 5.11 Å². The molecule has 0 aliphatic heterocycles. The summed E-state index contributed by atoms with van der Waals surface area (Å²) in [6, 6.07) is 5.77. The van der Waals surface area contributed by atoms with Gasteiger partial charge in [0.25, 0.3) is 0 Å². The van der Waals surface area contributed by atoms with Gasteiger partial charge in [-0.25, -0.2) is 0 Å². The SMILES string of the molecule is CCN(CC)[C@@H](Cc1ccc(C)cc1C)C(=O)O. The molecule has 0 aliphatic carbocycles. The number of likely N-dealkylation sites (N-methyl/N-ethyl adjacent to an activating group) is 1. The minimum absolute atomic E-state index is 0.429. The van der Waals surface area contributed by atoms with Gasteiger partial charge in [0.2, 0.25) is 0 Å². The first-order valence-electron chi connectivity index (χ1n) is 6.52. The Bertz CT molecular complexity index is 411. The van der Waals surface area contributed by atoms with Gasteiger partial charge in [-0.3, -0.25) is 9.69 Å². The predicted molar refractivity (Wildman–Crippen MR) is 74.0 cm³/mol. The topological polar surface area (TPSA) is 40.5 Å². The van der Waals surface area contributed by atoms with E-state index in [1.165, 1.54) is 11.1 Å². The number of aliphatic carboxylic acids is 1. The van der Waals surface area contributed by atoms with Gasteiger partial charge in [0.05, 0.1) is 0 Å². The minimum atomic E-state index is -0.737. The van der Waals surface area contributed by atoms with E-state index in [0.29, 0.717) is 6.42 Å². The van der Waals surface area contributed by atoms with Crippen LogP contribution in [0, 0.1) is 13.8 Å². The molecule has 3 nitrogen and oxygen atoms in total. The van der Waals surface area contributed by atoms with E-state index in [4.69, 9.17) is 0 Å². The number of carbonyl (C=O) groups is 1. The maximum Gasteiger partial charge on any atom is 0.321 e. The van der Waals surface area contributed by atoms with E-state index in [9.17, 15) is 9.90 Å². The van der Waals surface area contributed by atoms with Gasteiger partial charge in [-0.2, -0.15) is 0 Å². The third-order valence-electron chi connectivity index (χ3n) is 3.45. The molecular weight excluding hydrogens is 226 g/mol. The highest BCUT2D eigenvalue weighted by molar-refractivity contribution is 5.74. The van der Waals surface area contributed by atoms with Crippen molar-refractivity contribution < 1.29 is 9.90 Å². The van der Waals surface area contributed by atoms with Crippen LogP contribution in [0.1, 0.15) is 30.5 Å². The molecule has 1 N–H and O–H groups in total. The average molecular weight is 249 g/mol. The summed E-state index contributed by atoms with van der Waals surface area (Å²) in [6.07, 6.45) is 0.573. The molecule has 100 valence electrons. The van der Waals surface area contributed by atoms with Gasteiger partial charge in [-0.1, -0.05) is 37.6 Å². The number of hydrogen-bond acceptors (Lipinski definition) is 2. The molecule has 18 heavy (non-hydrogen) atoms. The first-order chi connectivity index (χ1) is 8.49. The first kappa shape index (κ1) is 14.7. The van der Waals surface area contributed by atoms with Crippen LogP contribution >= 0.6 is 0 Å². The van der Waals surface area contributed by atoms with Crippen LogP contribution in [0.25, 0.3) is 0 Å². The van der Waals surface area contributed by atoms with Crippen LogP contribution in [0.3, 0.4) is 0 Å². The maximum absolute atomic E-state index is 11.4. The fraction of sp³-hybridized carbons (Fsp3) is 0.533. The van der Waals surface area contributed by atoms with Crippen molar-refractivity contribution >= 4 is 5.97 Å². The number of benzene rings is 1. The molecule has 0 aromatic heterocycles.